The molecule has 1 fully saturated rings. The Labute approximate surface area is 254 Å². The summed E-state index contributed by atoms with van der Waals surface area (Å²) < 4.78 is 40.0. The molecule has 0 spiro atoms. The van der Waals surface area contributed by atoms with E-state index in [0.29, 0.717) is 38.0 Å². The minimum atomic E-state index is -1.40. The third kappa shape index (κ3) is 13.0. The Morgan fingerprint density at radius 1 is 0.907 bits per heavy atom. The predicted octanol–water partition coefficient (Wildman–Crippen LogP) is 0.994. The number of carbonyl (C=O) groups excluding carboxylic acids is 5. The fourth-order valence-electron chi connectivity index (χ4n) is 3.23. The van der Waals surface area contributed by atoms with Crippen LogP contribution < -0.4 is 15.0 Å². The van der Waals surface area contributed by atoms with Crippen molar-refractivity contribution < 1.29 is 52.4 Å². The molecule has 1 aromatic rings. The van der Waals surface area contributed by atoms with Crippen molar-refractivity contribution in [3.05, 3.63) is 12.2 Å². The van der Waals surface area contributed by atoms with Gasteiger partial charge in [-0.25, -0.2) is 19.2 Å². The van der Waals surface area contributed by atoms with Gasteiger partial charge in [0.2, 0.25) is 5.82 Å². The van der Waals surface area contributed by atoms with Gasteiger partial charge in [-0.3, -0.25) is 4.79 Å². The van der Waals surface area contributed by atoms with Gasteiger partial charge in [0.25, 0.3) is 5.88 Å². The number of nitrogens with zero attached hydrogens (tertiary/aromatic N) is 3. The molecule has 1 saturated heterocycles. The van der Waals surface area contributed by atoms with Crippen molar-refractivity contribution in [2.45, 2.75) is 78.4 Å². The SMILES string of the molecule is CC(=O)C(C)OC(=O)C(C)OC(=O)C(C)OC(=O)/C=C/C(=O)O[C@@H](CNC(C)(C)C)COc1nsnc1N1CCOCC1. The van der Waals surface area contributed by atoms with Crippen molar-refractivity contribution in [1.29, 1.82) is 0 Å². The van der Waals surface area contributed by atoms with Crippen LogP contribution in [-0.2, 0) is 47.7 Å². The average Bonchev–Trinajstić information content (AvgIpc) is 3.41. The number of carbonyl (C=O) groups is 5. The number of rotatable bonds is 15. The van der Waals surface area contributed by atoms with Crippen LogP contribution in [0, 0.1) is 0 Å². The van der Waals surface area contributed by atoms with Crippen LogP contribution in [0.3, 0.4) is 0 Å². The second-order valence-corrected chi connectivity index (χ2v) is 11.2. The smallest absolute Gasteiger partial charge is 0.348 e. The summed E-state index contributed by atoms with van der Waals surface area (Å²) in [5, 5.41) is 3.24. The molecular formula is C27H40N4O11S. The Hall–Kier alpha value is -3.63. The first-order chi connectivity index (χ1) is 20.2. The third-order valence-corrected chi connectivity index (χ3v) is 6.27. The zero-order chi connectivity index (χ0) is 32.2. The van der Waals surface area contributed by atoms with E-state index in [4.69, 9.17) is 28.4 Å². The van der Waals surface area contributed by atoms with Gasteiger partial charge in [0.15, 0.2) is 24.1 Å². The molecule has 0 bridgehead atoms. The third-order valence-electron chi connectivity index (χ3n) is 5.77. The fraction of sp³-hybridized carbons (Fsp3) is 0.667. The monoisotopic (exact) mass is 628 g/mol. The number of hydrogen-bond donors (Lipinski definition) is 1. The summed E-state index contributed by atoms with van der Waals surface area (Å²) in [6.45, 7) is 13.6. The number of anilines is 1. The second kappa shape index (κ2) is 16.9. The van der Waals surface area contributed by atoms with Crippen molar-refractivity contribution in [3.8, 4) is 5.88 Å². The summed E-state index contributed by atoms with van der Waals surface area (Å²) in [4.78, 5) is 62.1. The Morgan fingerprint density at radius 2 is 1.47 bits per heavy atom. The van der Waals surface area contributed by atoms with Gasteiger partial charge in [-0.1, -0.05) is 0 Å². The number of Topliss-reactive ketones (excluding diaryl/α,β-unsaturated/α-hetero) is 1. The van der Waals surface area contributed by atoms with Crippen LogP contribution in [0.4, 0.5) is 5.82 Å². The van der Waals surface area contributed by atoms with E-state index < -0.39 is 48.3 Å². The van der Waals surface area contributed by atoms with Crippen LogP contribution in [0.2, 0.25) is 0 Å². The molecule has 0 amide bonds. The molecule has 1 aromatic heterocycles. The molecule has 3 unspecified atom stereocenters. The molecule has 43 heavy (non-hydrogen) atoms. The number of ketones is 1. The van der Waals surface area contributed by atoms with Gasteiger partial charge in [-0.05, 0) is 48.5 Å². The number of aromatic nitrogens is 2. The minimum Gasteiger partial charge on any atom is -0.470 e. The number of ether oxygens (including phenoxy) is 6. The summed E-state index contributed by atoms with van der Waals surface area (Å²) in [7, 11) is 0. The topological polar surface area (TPSA) is 182 Å². The quantitative estimate of drug-likeness (QED) is 0.165. The zero-order valence-corrected chi connectivity index (χ0v) is 26.3. The Balaban J connectivity index is 1.90. The molecule has 4 atom stereocenters. The molecule has 2 heterocycles. The van der Waals surface area contributed by atoms with Crippen molar-refractivity contribution in [3.63, 3.8) is 0 Å². The molecule has 240 valence electrons. The Kier molecular flexibility index (Phi) is 13.9. The molecule has 2 rings (SSSR count). The molecule has 0 aromatic carbocycles. The Bertz CT molecular complexity index is 1140. The maximum Gasteiger partial charge on any atom is 0.348 e. The first-order valence-electron chi connectivity index (χ1n) is 13.7. The minimum absolute atomic E-state index is 0.0372. The number of nitrogens with one attached hydrogen (secondary N) is 1. The maximum atomic E-state index is 12.5. The van der Waals surface area contributed by atoms with E-state index in [1.807, 2.05) is 25.7 Å². The highest BCUT2D eigenvalue weighted by Crippen LogP contribution is 2.26. The lowest BCUT2D eigenvalue weighted by Crippen LogP contribution is -2.44. The van der Waals surface area contributed by atoms with Gasteiger partial charge in [-0.2, -0.15) is 4.37 Å². The zero-order valence-electron chi connectivity index (χ0n) is 25.4. The van der Waals surface area contributed by atoms with Crippen LogP contribution in [0.5, 0.6) is 5.88 Å². The van der Waals surface area contributed by atoms with Crippen molar-refractivity contribution in [2.75, 3.05) is 44.4 Å². The van der Waals surface area contributed by atoms with Crippen LogP contribution in [-0.4, -0.2) is 108 Å². The van der Waals surface area contributed by atoms with Gasteiger partial charge in [0.1, 0.15) is 12.7 Å². The predicted molar refractivity (Wildman–Crippen MR) is 153 cm³/mol. The molecule has 0 aliphatic carbocycles. The van der Waals surface area contributed by atoms with E-state index in [2.05, 4.69) is 14.1 Å². The largest absolute Gasteiger partial charge is 0.470 e. The number of hydrogen-bond acceptors (Lipinski definition) is 16. The number of esters is 4. The Morgan fingerprint density at radius 3 is 2.05 bits per heavy atom. The molecule has 0 saturated carbocycles. The van der Waals surface area contributed by atoms with Gasteiger partial charge in [-0.15, -0.1) is 4.37 Å². The summed E-state index contributed by atoms with van der Waals surface area (Å²) in [6.07, 6.45) is -2.84. The lowest BCUT2D eigenvalue weighted by Gasteiger charge is -2.27. The van der Waals surface area contributed by atoms with Gasteiger partial charge >= 0.3 is 23.9 Å². The van der Waals surface area contributed by atoms with E-state index in [9.17, 15) is 24.0 Å². The number of morpholine rings is 1. The first kappa shape index (κ1) is 35.6. The fourth-order valence-corrected chi connectivity index (χ4v) is 3.75. The first-order valence-corrected chi connectivity index (χ1v) is 14.4. The highest BCUT2D eigenvalue weighted by molar-refractivity contribution is 6.99. The van der Waals surface area contributed by atoms with E-state index in [1.54, 1.807) is 0 Å². The van der Waals surface area contributed by atoms with E-state index >= 15 is 0 Å². The average molecular weight is 629 g/mol. The summed E-state index contributed by atoms with van der Waals surface area (Å²) >= 11 is 1.01. The highest BCUT2D eigenvalue weighted by Gasteiger charge is 2.27. The van der Waals surface area contributed by atoms with Crippen molar-refractivity contribution in [1.82, 2.24) is 14.1 Å². The summed E-state index contributed by atoms with van der Waals surface area (Å²) in [5.41, 5.74) is -0.282. The highest BCUT2D eigenvalue weighted by atomic mass is 32.1. The molecule has 0 radical (unpaired) electrons. The second-order valence-electron chi connectivity index (χ2n) is 10.7. The molecule has 1 aliphatic heterocycles. The van der Waals surface area contributed by atoms with Gasteiger partial charge in [0, 0.05) is 37.3 Å². The van der Waals surface area contributed by atoms with E-state index in [1.165, 1.54) is 27.7 Å². The van der Waals surface area contributed by atoms with E-state index in [0.717, 1.165) is 23.9 Å². The summed E-state index contributed by atoms with van der Waals surface area (Å²) in [6, 6.07) is 0. The standard InChI is InChI=1S/C27H40N4O11S/c1-16(32)17(2)40-26(36)19(4)41-25(35)18(3)39-21(33)8-9-22(34)42-20(14-28-27(5,6)7)15-38-24-23(29-43-30-24)31-10-12-37-13-11-31/h8-9,17-20,28H,10-15H2,1-7H3/b9-8+/t17?,18?,19?,20-/m0/s1. The molecular weight excluding hydrogens is 588 g/mol. The molecule has 16 heteroatoms. The normalized spacial score (nSPS) is 16.5. The van der Waals surface area contributed by atoms with Crippen LogP contribution in [0.15, 0.2) is 12.2 Å². The maximum absolute atomic E-state index is 12.5. The van der Waals surface area contributed by atoms with Crippen molar-refractivity contribution >= 4 is 47.2 Å². The van der Waals surface area contributed by atoms with Gasteiger partial charge in [0.05, 0.1) is 24.9 Å². The molecule has 1 aliphatic rings. The van der Waals surface area contributed by atoms with Crippen molar-refractivity contribution in [2.24, 2.45) is 0 Å². The van der Waals surface area contributed by atoms with Gasteiger partial charge < -0.3 is 38.6 Å². The summed E-state index contributed by atoms with van der Waals surface area (Å²) in [5.74, 6) is -3.29. The lowest BCUT2D eigenvalue weighted by atomic mass is 10.1. The molecule has 1 N–H and O–H groups in total. The lowest BCUT2D eigenvalue weighted by molar-refractivity contribution is -0.178. The van der Waals surface area contributed by atoms with Crippen LogP contribution in [0.1, 0.15) is 48.5 Å². The van der Waals surface area contributed by atoms with E-state index in [-0.39, 0.29) is 24.5 Å². The molecule has 15 nitrogen and oxygen atoms in total. The van der Waals surface area contributed by atoms with Crippen LogP contribution in [0.25, 0.3) is 0 Å². The van der Waals surface area contributed by atoms with Crippen LogP contribution >= 0.6 is 11.7 Å².